The van der Waals surface area contributed by atoms with Crippen LogP contribution in [-0.2, 0) is 27.2 Å². The van der Waals surface area contributed by atoms with Gasteiger partial charge in [0.05, 0.1) is 6.04 Å². The van der Waals surface area contributed by atoms with Crippen molar-refractivity contribution in [3.63, 3.8) is 0 Å². The zero-order chi connectivity index (χ0) is 25.2. The lowest BCUT2D eigenvalue weighted by atomic mass is 10.0. The Morgan fingerprint density at radius 1 is 1.00 bits per heavy atom. The second-order valence-corrected chi connectivity index (χ2v) is 9.30. The van der Waals surface area contributed by atoms with Gasteiger partial charge < -0.3 is 20.9 Å². The summed E-state index contributed by atoms with van der Waals surface area (Å²) in [6.45, 7) is 4.88. The van der Waals surface area contributed by atoms with E-state index in [1.807, 2.05) is 60.7 Å². The molecular weight excluding hydrogens is 440 g/mol. The maximum atomic E-state index is 13.8. The van der Waals surface area contributed by atoms with Crippen molar-refractivity contribution in [2.75, 3.05) is 20.1 Å². The number of rotatable bonds is 11. The summed E-state index contributed by atoms with van der Waals surface area (Å²) in [5, 5.41) is 8.88. The minimum atomic E-state index is -0.740. The summed E-state index contributed by atoms with van der Waals surface area (Å²) in [6, 6.07) is 18.0. The number of likely N-dealkylation sites (N-methyl/N-ethyl adjacent to an activating group) is 1. The van der Waals surface area contributed by atoms with E-state index in [0.29, 0.717) is 25.9 Å². The maximum absolute atomic E-state index is 13.8. The Balaban J connectivity index is 1.73. The van der Waals surface area contributed by atoms with E-state index < -0.39 is 18.1 Å². The Morgan fingerprint density at radius 2 is 1.63 bits per heavy atom. The second-order valence-electron chi connectivity index (χ2n) is 9.30. The van der Waals surface area contributed by atoms with Gasteiger partial charge in [0.1, 0.15) is 12.1 Å². The van der Waals surface area contributed by atoms with Gasteiger partial charge in [0.2, 0.25) is 17.7 Å². The third kappa shape index (κ3) is 7.39. The fourth-order valence-electron chi connectivity index (χ4n) is 4.48. The van der Waals surface area contributed by atoms with E-state index in [0.717, 1.165) is 24.0 Å². The van der Waals surface area contributed by atoms with Crippen LogP contribution in [0.4, 0.5) is 0 Å². The van der Waals surface area contributed by atoms with E-state index in [2.05, 4.69) is 22.9 Å². The molecule has 7 nitrogen and oxygen atoms in total. The summed E-state index contributed by atoms with van der Waals surface area (Å²) in [6.07, 6.45) is 2.64. The van der Waals surface area contributed by atoms with E-state index in [1.54, 1.807) is 18.9 Å². The molecule has 1 heterocycles. The summed E-state index contributed by atoms with van der Waals surface area (Å²) in [5.74, 6) is -0.312. The Kier molecular flexibility index (Phi) is 9.85. The van der Waals surface area contributed by atoms with Crippen molar-refractivity contribution in [2.45, 2.75) is 57.7 Å². The fraction of sp³-hybridized carbons (Fsp3) is 0.464. The summed E-state index contributed by atoms with van der Waals surface area (Å²) in [7, 11) is 1.71. The molecule has 0 spiro atoms. The number of amides is 3. The second kappa shape index (κ2) is 13.0. The van der Waals surface area contributed by atoms with Crippen LogP contribution in [0.1, 0.15) is 37.8 Å². The molecule has 35 heavy (non-hydrogen) atoms. The number of benzene rings is 2. The number of hydrogen-bond donors (Lipinski definition) is 3. The van der Waals surface area contributed by atoms with Gasteiger partial charge in [-0.25, -0.2) is 0 Å². The maximum Gasteiger partial charge on any atom is 0.246 e. The molecule has 1 fully saturated rings. The first-order chi connectivity index (χ1) is 16.9. The minimum absolute atomic E-state index is 0.126. The molecule has 1 aliphatic heterocycles. The van der Waals surface area contributed by atoms with E-state index >= 15 is 0 Å². The van der Waals surface area contributed by atoms with Crippen LogP contribution in [0, 0.1) is 5.92 Å². The normalized spacial score (nSPS) is 19.1. The Bertz CT molecular complexity index is 967. The molecule has 0 aromatic heterocycles. The highest BCUT2D eigenvalue weighted by molar-refractivity contribution is 5.93. The molecule has 188 valence electrons. The van der Waals surface area contributed by atoms with Gasteiger partial charge in [0.15, 0.2) is 0 Å². The van der Waals surface area contributed by atoms with E-state index in [9.17, 15) is 14.4 Å². The summed E-state index contributed by atoms with van der Waals surface area (Å²) >= 11 is 0. The van der Waals surface area contributed by atoms with Crippen LogP contribution in [0.2, 0.25) is 0 Å². The van der Waals surface area contributed by atoms with Crippen molar-refractivity contribution in [3.8, 4) is 0 Å². The zero-order valence-electron chi connectivity index (χ0n) is 21.0. The average Bonchev–Trinajstić information content (AvgIpc) is 3.33. The van der Waals surface area contributed by atoms with Gasteiger partial charge in [-0.15, -0.1) is 0 Å². The Hall–Kier alpha value is -3.19. The van der Waals surface area contributed by atoms with Crippen LogP contribution in [0.3, 0.4) is 0 Å². The van der Waals surface area contributed by atoms with Crippen LogP contribution in [0.15, 0.2) is 60.7 Å². The summed E-state index contributed by atoms with van der Waals surface area (Å²) in [4.78, 5) is 41.3. The quantitative estimate of drug-likeness (QED) is 0.462. The van der Waals surface area contributed by atoms with E-state index in [1.165, 1.54) is 0 Å². The van der Waals surface area contributed by atoms with Crippen molar-refractivity contribution in [2.24, 2.45) is 5.92 Å². The van der Waals surface area contributed by atoms with E-state index in [-0.39, 0.29) is 23.6 Å². The monoisotopic (exact) mass is 478 g/mol. The van der Waals surface area contributed by atoms with Gasteiger partial charge in [-0.3, -0.25) is 14.4 Å². The molecule has 2 aromatic carbocycles. The molecule has 0 aliphatic carbocycles. The number of carbonyl (C=O) groups is 3. The fourth-order valence-corrected chi connectivity index (χ4v) is 4.48. The van der Waals surface area contributed by atoms with Crippen molar-refractivity contribution < 1.29 is 14.4 Å². The van der Waals surface area contributed by atoms with E-state index in [4.69, 9.17) is 0 Å². The van der Waals surface area contributed by atoms with Gasteiger partial charge in [-0.05, 0) is 43.9 Å². The minimum Gasteiger partial charge on any atom is -0.354 e. The van der Waals surface area contributed by atoms with Gasteiger partial charge in [0.25, 0.3) is 0 Å². The van der Waals surface area contributed by atoms with Crippen LogP contribution >= 0.6 is 0 Å². The third-order valence-corrected chi connectivity index (χ3v) is 6.83. The molecule has 1 aliphatic rings. The molecule has 0 unspecified atom stereocenters. The van der Waals surface area contributed by atoms with Gasteiger partial charge in [-0.2, -0.15) is 0 Å². The van der Waals surface area contributed by atoms with Crippen LogP contribution < -0.4 is 16.0 Å². The molecular formula is C28H38N4O3. The molecule has 3 amide bonds. The first kappa shape index (κ1) is 26.4. The van der Waals surface area contributed by atoms with Crippen molar-refractivity contribution >= 4 is 17.7 Å². The number of nitrogens with one attached hydrogen (secondary N) is 3. The van der Waals surface area contributed by atoms with Crippen LogP contribution in [-0.4, -0.2) is 60.9 Å². The molecule has 0 saturated carbocycles. The van der Waals surface area contributed by atoms with Gasteiger partial charge >= 0.3 is 0 Å². The number of carbonyl (C=O) groups excluding carboxylic acids is 3. The average molecular weight is 479 g/mol. The van der Waals surface area contributed by atoms with Crippen molar-refractivity contribution in [1.29, 1.82) is 0 Å². The summed E-state index contributed by atoms with van der Waals surface area (Å²) < 4.78 is 0. The zero-order valence-corrected chi connectivity index (χ0v) is 21.0. The molecule has 4 atom stereocenters. The number of hydrogen-bond acceptors (Lipinski definition) is 4. The standard InChI is InChI=1S/C28H38N4O3/c1-4-21-18-25(27(34)30-16-15-22-11-7-5-8-12-22)32(19-21)28(35)24(31-26(33)20(2)29-3)17-23-13-9-6-10-14-23/h5-14,20-21,24-25,29H,4,15-19H2,1-3H3,(H,30,34)(H,31,33)/t20-,21-,24-,25-/m0/s1. The lowest BCUT2D eigenvalue weighted by Crippen LogP contribution is -2.56. The first-order valence-corrected chi connectivity index (χ1v) is 12.6. The highest BCUT2D eigenvalue weighted by Crippen LogP contribution is 2.27. The SMILES string of the molecule is CC[C@H]1C[C@@H](C(=O)NCCc2ccccc2)N(C(=O)[C@H](Cc2ccccc2)NC(=O)[C@H](C)NC)C1. The highest BCUT2D eigenvalue weighted by Gasteiger charge is 2.41. The predicted molar refractivity (Wildman–Crippen MR) is 138 cm³/mol. The lowest BCUT2D eigenvalue weighted by molar-refractivity contribution is -0.141. The molecule has 0 bridgehead atoms. The van der Waals surface area contributed by atoms with Gasteiger partial charge in [-0.1, -0.05) is 74.0 Å². The third-order valence-electron chi connectivity index (χ3n) is 6.83. The summed E-state index contributed by atoms with van der Waals surface area (Å²) in [5.41, 5.74) is 2.11. The molecule has 2 aromatic rings. The van der Waals surface area contributed by atoms with Crippen molar-refractivity contribution in [3.05, 3.63) is 71.8 Å². The lowest BCUT2D eigenvalue weighted by Gasteiger charge is -2.29. The topological polar surface area (TPSA) is 90.5 Å². The molecule has 0 radical (unpaired) electrons. The Morgan fingerprint density at radius 3 is 2.23 bits per heavy atom. The van der Waals surface area contributed by atoms with Crippen molar-refractivity contribution in [1.82, 2.24) is 20.9 Å². The van der Waals surface area contributed by atoms with Gasteiger partial charge in [0, 0.05) is 19.5 Å². The molecule has 7 heteroatoms. The molecule has 1 saturated heterocycles. The first-order valence-electron chi connectivity index (χ1n) is 12.6. The van der Waals surface area contributed by atoms with Crippen LogP contribution in [0.25, 0.3) is 0 Å². The number of likely N-dealkylation sites (tertiary alicyclic amines) is 1. The Labute approximate surface area is 208 Å². The van der Waals surface area contributed by atoms with Crippen LogP contribution in [0.5, 0.6) is 0 Å². The highest BCUT2D eigenvalue weighted by atomic mass is 16.2. The smallest absolute Gasteiger partial charge is 0.246 e. The largest absolute Gasteiger partial charge is 0.354 e. The molecule has 3 N–H and O–H groups in total. The number of nitrogens with zero attached hydrogens (tertiary/aromatic N) is 1. The molecule has 3 rings (SSSR count). The predicted octanol–water partition coefficient (Wildman–Crippen LogP) is 2.31.